The van der Waals surface area contributed by atoms with Gasteiger partial charge in [-0.05, 0) is 81.7 Å². The zero-order valence-corrected chi connectivity index (χ0v) is 31.6. The number of pyridine rings is 1. The number of rotatable bonds is 2. The Morgan fingerprint density at radius 1 is 0.322 bits per heavy atom. The lowest BCUT2D eigenvalue weighted by atomic mass is 9.93. The van der Waals surface area contributed by atoms with Gasteiger partial charge in [-0.15, -0.1) is 0 Å². The van der Waals surface area contributed by atoms with Crippen LogP contribution < -0.4 is 0 Å². The molecule has 0 spiro atoms. The topological polar surface area (TPSA) is 26.6 Å². The van der Waals surface area contributed by atoms with Crippen LogP contribution in [0.4, 0.5) is 0 Å². The van der Waals surface area contributed by atoms with E-state index >= 15 is 0 Å². The van der Waals surface area contributed by atoms with Crippen LogP contribution in [0.3, 0.4) is 0 Å². The van der Waals surface area contributed by atoms with Gasteiger partial charge in [-0.25, -0.2) is 4.98 Å². The van der Waals surface area contributed by atoms with Crippen LogP contribution in [0.5, 0.6) is 0 Å². The highest BCUT2D eigenvalue weighted by Crippen LogP contribution is 2.48. The highest BCUT2D eigenvalue weighted by atomic mass is 15.0. The molecule has 9 aromatic carbocycles. The largest absolute Gasteiger partial charge is 0.309 e. The van der Waals surface area contributed by atoms with Gasteiger partial charge in [-0.2, -0.15) is 0 Å². The summed E-state index contributed by atoms with van der Waals surface area (Å²) in [6, 6.07) is 67.3. The molecule has 0 saturated carbocycles. The molecular weight excluding hydrogens is 717 g/mol. The molecule has 0 radical (unpaired) electrons. The van der Waals surface area contributed by atoms with Crippen LogP contribution in [0.2, 0.25) is 0 Å². The van der Waals surface area contributed by atoms with E-state index in [0.717, 1.165) is 22.4 Å². The highest BCUT2D eigenvalue weighted by molar-refractivity contribution is 6.30. The van der Waals surface area contributed by atoms with Gasteiger partial charge in [0.05, 0.1) is 44.1 Å². The fourth-order valence-corrected chi connectivity index (χ4v) is 11.0. The fraction of sp³-hybridized carbons (Fsp3) is 0. The second kappa shape index (κ2) is 10.5. The first-order chi connectivity index (χ1) is 29.3. The molecule has 0 aliphatic rings. The molecule has 6 heterocycles. The normalized spacial score (nSPS) is 12.7. The Morgan fingerprint density at radius 3 is 1.78 bits per heavy atom. The van der Waals surface area contributed by atoms with E-state index in [9.17, 15) is 0 Å². The van der Waals surface area contributed by atoms with Gasteiger partial charge < -0.3 is 8.97 Å². The van der Waals surface area contributed by atoms with Gasteiger partial charge >= 0.3 is 0 Å². The second-order valence-corrected chi connectivity index (χ2v) is 16.3. The number of fused-ring (bicyclic) bond motifs is 17. The average Bonchev–Trinajstić information content (AvgIpc) is 4.07. The van der Waals surface area contributed by atoms with E-state index in [0.29, 0.717) is 0 Å². The van der Waals surface area contributed by atoms with Gasteiger partial charge in [0, 0.05) is 59.7 Å². The summed E-state index contributed by atoms with van der Waals surface area (Å²) < 4.78 is 7.37. The van der Waals surface area contributed by atoms with Gasteiger partial charge in [0.25, 0.3) is 0 Å². The number of aromatic nitrogens is 4. The Balaban J connectivity index is 1.10. The van der Waals surface area contributed by atoms with E-state index in [1.807, 2.05) is 0 Å². The summed E-state index contributed by atoms with van der Waals surface area (Å²) in [6.07, 6.45) is 0. The number of nitrogens with zero attached hydrogens (tertiary/aromatic N) is 4. The minimum Gasteiger partial charge on any atom is -0.309 e. The summed E-state index contributed by atoms with van der Waals surface area (Å²) in [7, 11) is 0. The van der Waals surface area contributed by atoms with Crippen LogP contribution in [-0.4, -0.2) is 18.4 Å². The van der Waals surface area contributed by atoms with Crippen LogP contribution in [0.15, 0.2) is 182 Å². The van der Waals surface area contributed by atoms with Crippen molar-refractivity contribution in [1.82, 2.24) is 18.4 Å². The molecule has 0 aliphatic carbocycles. The molecule has 15 aromatic rings. The SMILES string of the molecule is c1ccc(-n2c3ccccc3c3cc(-c4c5ccccc5cc5c6cccc7c8nc9c(cc8n(c45)c67)c4cccc5c6cc7ccccc7cc6n9c54)ccc32)cc1. The molecule has 4 heteroatoms. The van der Waals surface area contributed by atoms with Gasteiger partial charge in [0.1, 0.15) is 5.65 Å². The third-order valence-corrected chi connectivity index (χ3v) is 13.4. The molecule has 0 amide bonds. The predicted octanol–water partition coefficient (Wildman–Crippen LogP) is 14.5. The Labute approximate surface area is 335 Å². The summed E-state index contributed by atoms with van der Waals surface area (Å²) in [5.74, 6) is 0. The lowest BCUT2D eigenvalue weighted by Gasteiger charge is -2.12. The maximum Gasteiger partial charge on any atom is 0.146 e. The molecule has 0 unspecified atom stereocenters. The molecule has 270 valence electrons. The van der Waals surface area contributed by atoms with Gasteiger partial charge in [0.2, 0.25) is 0 Å². The van der Waals surface area contributed by atoms with Crippen LogP contribution in [0, 0.1) is 0 Å². The Bertz CT molecular complexity index is 4300. The van der Waals surface area contributed by atoms with Gasteiger partial charge in [-0.3, -0.25) is 4.40 Å². The molecule has 15 rings (SSSR count). The maximum absolute atomic E-state index is 5.71. The van der Waals surface area contributed by atoms with Crippen molar-refractivity contribution in [2.45, 2.75) is 0 Å². The molecule has 6 aromatic heterocycles. The lowest BCUT2D eigenvalue weighted by Crippen LogP contribution is -1.93. The van der Waals surface area contributed by atoms with Crippen LogP contribution in [0.25, 0.3) is 137 Å². The number of hydrogen-bond acceptors (Lipinski definition) is 1. The van der Waals surface area contributed by atoms with Crippen molar-refractivity contribution in [2.24, 2.45) is 0 Å². The summed E-state index contributed by atoms with van der Waals surface area (Å²) in [4.78, 5) is 5.71. The van der Waals surface area contributed by atoms with E-state index in [2.05, 4.69) is 195 Å². The third-order valence-electron chi connectivity index (χ3n) is 13.4. The molecule has 0 bridgehead atoms. The van der Waals surface area contributed by atoms with Gasteiger partial charge in [-0.1, -0.05) is 127 Å². The molecule has 59 heavy (non-hydrogen) atoms. The summed E-state index contributed by atoms with van der Waals surface area (Å²) in [6.45, 7) is 0. The van der Waals surface area contributed by atoms with Crippen LogP contribution >= 0.6 is 0 Å². The zero-order valence-electron chi connectivity index (χ0n) is 31.6. The Kier molecular flexibility index (Phi) is 5.38. The van der Waals surface area contributed by atoms with Crippen molar-refractivity contribution in [3.63, 3.8) is 0 Å². The number of hydrogen-bond donors (Lipinski definition) is 0. The third kappa shape index (κ3) is 3.65. The summed E-state index contributed by atoms with van der Waals surface area (Å²) >= 11 is 0. The average molecular weight is 747 g/mol. The molecule has 4 nitrogen and oxygen atoms in total. The van der Waals surface area contributed by atoms with E-state index in [1.165, 1.54) is 114 Å². The standard InChI is InChI=1S/C55H30N4/c1-2-15-35(16-3-1)57-46-23-9-8-18-37(46)42-28-34(24-25-47(42)57)50-36-17-7-6-14-33(36)27-44-39-20-11-22-41-51-49(58(53(39)41)54(44)50)30-45-40-21-10-19-38-43-26-31-12-4-5-13-32(31)29-48(43)59(52(38)40)55(45)56-51/h1-30H. The smallest absolute Gasteiger partial charge is 0.146 e. The van der Waals surface area contributed by atoms with Crippen LogP contribution in [-0.2, 0) is 0 Å². The molecule has 0 saturated heterocycles. The fourth-order valence-electron chi connectivity index (χ4n) is 11.0. The Morgan fingerprint density at radius 2 is 0.932 bits per heavy atom. The van der Waals surface area contributed by atoms with Gasteiger partial charge in [0.15, 0.2) is 0 Å². The first kappa shape index (κ1) is 30.2. The first-order valence-electron chi connectivity index (χ1n) is 20.4. The number of para-hydroxylation sites is 4. The van der Waals surface area contributed by atoms with E-state index in [-0.39, 0.29) is 0 Å². The highest BCUT2D eigenvalue weighted by Gasteiger charge is 2.26. The molecule has 0 aliphatic heterocycles. The van der Waals surface area contributed by atoms with Crippen molar-refractivity contribution >= 4 is 120 Å². The predicted molar refractivity (Wildman–Crippen MR) is 248 cm³/mol. The Hall–Kier alpha value is -7.95. The quantitative estimate of drug-likeness (QED) is 0.173. The lowest BCUT2D eigenvalue weighted by molar-refractivity contribution is 1.18. The van der Waals surface area contributed by atoms with Crippen molar-refractivity contribution in [1.29, 1.82) is 0 Å². The van der Waals surface area contributed by atoms with Crippen molar-refractivity contribution in [3.8, 4) is 16.8 Å². The van der Waals surface area contributed by atoms with E-state index < -0.39 is 0 Å². The van der Waals surface area contributed by atoms with Crippen LogP contribution in [0.1, 0.15) is 0 Å². The summed E-state index contributed by atoms with van der Waals surface area (Å²) in [5.41, 5.74) is 14.1. The molecule has 0 N–H and O–H groups in total. The summed E-state index contributed by atoms with van der Waals surface area (Å²) in [5, 5.41) is 16.1. The van der Waals surface area contributed by atoms with Crippen molar-refractivity contribution in [3.05, 3.63) is 182 Å². The second-order valence-electron chi connectivity index (χ2n) is 16.3. The monoisotopic (exact) mass is 746 g/mol. The molecule has 0 atom stereocenters. The zero-order chi connectivity index (χ0) is 38.1. The molecular formula is C55H30N4. The van der Waals surface area contributed by atoms with E-state index in [4.69, 9.17) is 4.98 Å². The minimum absolute atomic E-state index is 1.01. The van der Waals surface area contributed by atoms with Crippen molar-refractivity contribution < 1.29 is 0 Å². The van der Waals surface area contributed by atoms with E-state index in [1.54, 1.807) is 0 Å². The molecule has 0 fully saturated rings. The first-order valence-corrected chi connectivity index (χ1v) is 20.4. The number of benzene rings is 9. The maximum atomic E-state index is 5.71. The minimum atomic E-state index is 1.01. The van der Waals surface area contributed by atoms with Crippen molar-refractivity contribution in [2.75, 3.05) is 0 Å².